The zero-order valence-corrected chi connectivity index (χ0v) is 27.3. The molecule has 1 N–H and O–H groups in total. The molecule has 1 aliphatic carbocycles. The van der Waals surface area contributed by atoms with E-state index >= 15 is 0 Å². The molecule has 11 heteroatoms. The third kappa shape index (κ3) is 7.78. The number of pyridine rings is 1. The van der Waals surface area contributed by atoms with Crippen LogP contribution in [0.25, 0.3) is 0 Å². The van der Waals surface area contributed by atoms with Crippen molar-refractivity contribution in [3.63, 3.8) is 0 Å². The van der Waals surface area contributed by atoms with Gasteiger partial charge in [-0.1, -0.05) is 27.5 Å². The van der Waals surface area contributed by atoms with Crippen molar-refractivity contribution in [2.24, 2.45) is 11.8 Å². The fourth-order valence-corrected chi connectivity index (χ4v) is 8.15. The summed E-state index contributed by atoms with van der Waals surface area (Å²) in [4.78, 5) is 45.0. The van der Waals surface area contributed by atoms with E-state index in [1.807, 2.05) is 17.2 Å². The molecule has 215 valence electrons. The van der Waals surface area contributed by atoms with E-state index < -0.39 is 5.97 Å². The topological polar surface area (TPSA) is 90.8 Å². The van der Waals surface area contributed by atoms with Crippen molar-refractivity contribution in [1.82, 2.24) is 14.8 Å². The Bertz CT molecular complexity index is 1300. The number of piperidine rings is 2. The number of carboxylic acids is 1. The Morgan fingerprint density at radius 2 is 1.54 bits per heavy atom. The summed E-state index contributed by atoms with van der Waals surface area (Å²) in [5.74, 6) is -0.0834. The van der Waals surface area contributed by atoms with Gasteiger partial charge >= 0.3 is 5.97 Å². The fraction of sp³-hybridized carbons (Fsp3) is 0.533. The summed E-state index contributed by atoms with van der Waals surface area (Å²) in [5, 5.41) is 9.56. The van der Waals surface area contributed by atoms with Crippen molar-refractivity contribution in [3.05, 3.63) is 60.7 Å². The van der Waals surface area contributed by atoms with Crippen LogP contribution in [0, 0.1) is 11.8 Å². The minimum atomic E-state index is -0.952. The van der Waals surface area contributed by atoms with Crippen LogP contribution >= 0.6 is 43.5 Å². The maximum absolute atomic E-state index is 13.3. The van der Waals surface area contributed by atoms with E-state index in [0.29, 0.717) is 25.4 Å². The van der Waals surface area contributed by atoms with Gasteiger partial charge in [0.2, 0.25) is 11.8 Å². The van der Waals surface area contributed by atoms with E-state index in [0.717, 1.165) is 71.3 Å². The molecule has 1 atom stereocenters. The molecular formula is C30H34Br2ClLiN3O4. The number of nitrogens with zero attached hydrogens (tertiary/aromatic N) is 3. The Labute approximate surface area is 275 Å². The molecule has 5 rings (SSSR count). The first kappa shape index (κ1) is 32.5. The van der Waals surface area contributed by atoms with Gasteiger partial charge in [-0.2, -0.15) is 0 Å². The molecule has 2 aliphatic heterocycles. The Balaban J connectivity index is 0.00000387. The van der Waals surface area contributed by atoms with Crippen molar-refractivity contribution in [2.75, 3.05) is 26.2 Å². The van der Waals surface area contributed by atoms with E-state index in [2.05, 4.69) is 44.0 Å². The molecule has 3 heterocycles. The summed E-state index contributed by atoms with van der Waals surface area (Å²) in [7, 11) is 0. The summed E-state index contributed by atoms with van der Waals surface area (Å²) in [6.45, 7) is 2.67. The standard InChI is InChI=1S/C30H34Br2ClN3O4.Li/c31-22-14-21-2-1-20-15-23(33)16-24(32)28(20)29(30(21)34-17-22)19-7-11-36(12-8-19)26(38)13-18-5-9-35(10-6-18)25(37)3-4-27(39)40;/h14-19,29H,1-13H2,(H,39,40);/t29-;/m1./s1. The minimum Gasteiger partial charge on any atom is -0.481 e. The monoisotopic (exact) mass is 700 g/mol. The Morgan fingerprint density at radius 1 is 0.902 bits per heavy atom. The first-order valence-corrected chi connectivity index (χ1v) is 16.1. The van der Waals surface area contributed by atoms with E-state index in [-0.39, 0.29) is 55.4 Å². The Hall–Kier alpha value is -1.37. The molecule has 1 aromatic carbocycles. The van der Waals surface area contributed by atoms with Crippen LogP contribution in [-0.2, 0) is 27.2 Å². The van der Waals surface area contributed by atoms with Crippen LogP contribution in [0.15, 0.2) is 33.3 Å². The van der Waals surface area contributed by atoms with E-state index in [1.54, 1.807) is 4.90 Å². The molecule has 1 radical (unpaired) electrons. The molecule has 2 amide bonds. The number of amides is 2. The predicted octanol–water partition coefficient (Wildman–Crippen LogP) is 5.84. The van der Waals surface area contributed by atoms with E-state index in [4.69, 9.17) is 21.7 Å². The number of likely N-dealkylation sites (tertiary alicyclic amines) is 2. The van der Waals surface area contributed by atoms with Gasteiger partial charge in [0.1, 0.15) is 0 Å². The first-order valence-electron chi connectivity index (χ1n) is 14.1. The molecule has 7 nitrogen and oxygen atoms in total. The van der Waals surface area contributed by atoms with Crippen LogP contribution in [-0.4, -0.2) is 82.7 Å². The van der Waals surface area contributed by atoms with Crippen molar-refractivity contribution >= 4 is 80.1 Å². The number of hydrogen-bond donors (Lipinski definition) is 1. The second kappa shape index (κ2) is 14.4. The molecule has 0 bridgehead atoms. The van der Waals surface area contributed by atoms with Gasteiger partial charge in [-0.05, 0) is 101 Å². The summed E-state index contributed by atoms with van der Waals surface area (Å²) in [5.41, 5.74) is 4.96. The van der Waals surface area contributed by atoms with Gasteiger partial charge in [0, 0.05) is 84.0 Å². The van der Waals surface area contributed by atoms with Crippen LogP contribution in [0.5, 0.6) is 0 Å². The summed E-state index contributed by atoms with van der Waals surface area (Å²) in [6.07, 6.45) is 7.54. The molecule has 3 aliphatic rings. The largest absolute Gasteiger partial charge is 0.481 e. The molecule has 0 spiro atoms. The third-order valence-corrected chi connectivity index (χ3v) is 10.1. The summed E-state index contributed by atoms with van der Waals surface area (Å²) >= 11 is 13.9. The van der Waals surface area contributed by atoms with Gasteiger partial charge in [0.15, 0.2) is 0 Å². The smallest absolute Gasteiger partial charge is 0.303 e. The number of hydrogen-bond acceptors (Lipinski definition) is 4. The molecule has 2 fully saturated rings. The zero-order valence-electron chi connectivity index (χ0n) is 23.4. The average molecular weight is 703 g/mol. The number of carbonyl (C=O) groups is 3. The third-order valence-electron chi connectivity index (χ3n) is 8.76. The Morgan fingerprint density at radius 3 is 2.22 bits per heavy atom. The molecule has 41 heavy (non-hydrogen) atoms. The number of carbonyl (C=O) groups excluding carboxylic acids is 2. The van der Waals surface area contributed by atoms with E-state index in [1.165, 1.54) is 16.7 Å². The number of rotatable bonds is 6. The minimum absolute atomic E-state index is 0. The van der Waals surface area contributed by atoms with Gasteiger partial charge in [0.05, 0.1) is 12.1 Å². The van der Waals surface area contributed by atoms with Gasteiger partial charge in [-0.15, -0.1) is 0 Å². The molecule has 2 aromatic rings. The number of carboxylic acid groups (broad SMARTS) is 1. The average Bonchev–Trinajstić information content (AvgIpc) is 3.09. The van der Waals surface area contributed by atoms with Crippen LogP contribution in [0.4, 0.5) is 0 Å². The predicted molar refractivity (Wildman–Crippen MR) is 166 cm³/mol. The maximum Gasteiger partial charge on any atom is 0.303 e. The van der Waals surface area contributed by atoms with Gasteiger partial charge < -0.3 is 14.9 Å². The molecule has 1 aromatic heterocycles. The zero-order chi connectivity index (χ0) is 28.4. The molecular weight excluding hydrogens is 669 g/mol. The quantitative estimate of drug-likeness (QED) is 0.382. The molecule has 0 unspecified atom stereocenters. The van der Waals surface area contributed by atoms with Crippen LogP contribution < -0.4 is 0 Å². The Kier molecular flexibility index (Phi) is 11.4. The summed E-state index contributed by atoms with van der Waals surface area (Å²) < 4.78 is 2.02. The number of aliphatic carboxylic acids is 1. The second-order valence-electron chi connectivity index (χ2n) is 11.3. The van der Waals surface area contributed by atoms with Crippen molar-refractivity contribution in [2.45, 2.75) is 63.7 Å². The normalized spacial score (nSPS) is 19.5. The summed E-state index contributed by atoms with van der Waals surface area (Å²) in [6, 6.07) is 6.28. The number of fused-ring (bicyclic) bond motifs is 2. The molecule has 0 saturated carbocycles. The van der Waals surface area contributed by atoms with Crippen molar-refractivity contribution in [3.8, 4) is 0 Å². The van der Waals surface area contributed by atoms with Gasteiger partial charge in [0.25, 0.3) is 0 Å². The van der Waals surface area contributed by atoms with Crippen LogP contribution in [0.1, 0.15) is 73.2 Å². The van der Waals surface area contributed by atoms with Gasteiger partial charge in [-0.3, -0.25) is 19.4 Å². The fourth-order valence-electron chi connectivity index (χ4n) is 6.65. The SMILES string of the molecule is O=C(O)CCC(=O)N1CCC(CC(=O)N2CCC([C@H]3c4ncc(Br)cc4CCc4cc(Cl)cc(Br)c43)CC2)CC1.[Li]. The second-order valence-corrected chi connectivity index (χ2v) is 13.5. The van der Waals surface area contributed by atoms with E-state index in [9.17, 15) is 14.4 Å². The maximum atomic E-state index is 13.3. The van der Waals surface area contributed by atoms with Crippen LogP contribution in [0.2, 0.25) is 5.02 Å². The molecule has 2 saturated heterocycles. The van der Waals surface area contributed by atoms with Crippen LogP contribution in [0.3, 0.4) is 0 Å². The van der Waals surface area contributed by atoms with Gasteiger partial charge in [-0.25, -0.2) is 0 Å². The first-order chi connectivity index (χ1) is 19.2. The van der Waals surface area contributed by atoms with Crippen molar-refractivity contribution < 1.29 is 19.5 Å². The number of aryl methyl sites for hydroxylation is 2. The number of aromatic nitrogens is 1. The number of benzene rings is 1. The van der Waals surface area contributed by atoms with Crippen molar-refractivity contribution in [1.29, 1.82) is 0 Å². The number of halogens is 3.